The highest BCUT2D eigenvalue weighted by Crippen LogP contribution is 2.16. The molecule has 0 saturated carbocycles. The standard InChI is InChI=1S/C10H13N3O/c1-6(14)9(11)10-12-7-4-2-3-5-8(7)13-10/h2-6,9,14H,11H2,1H3,(H,12,13)/t6-,9+/m1/s1. The van der Waals surface area contributed by atoms with Gasteiger partial charge in [-0.05, 0) is 19.1 Å². The Balaban J connectivity index is 2.45. The minimum atomic E-state index is -0.601. The summed E-state index contributed by atoms with van der Waals surface area (Å²) in [6.45, 7) is 1.65. The molecule has 0 unspecified atom stereocenters. The zero-order valence-electron chi connectivity index (χ0n) is 7.94. The largest absolute Gasteiger partial charge is 0.391 e. The third kappa shape index (κ3) is 1.49. The maximum Gasteiger partial charge on any atom is 0.126 e. The van der Waals surface area contributed by atoms with Crippen LogP contribution in [0.3, 0.4) is 0 Å². The summed E-state index contributed by atoms with van der Waals surface area (Å²) in [7, 11) is 0. The summed E-state index contributed by atoms with van der Waals surface area (Å²) in [6, 6.07) is 7.23. The van der Waals surface area contributed by atoms with Crippen molar-refractivity contribution >= 4 is 11.0 Å². The van der Waals surface area contributed by atoms with Crippen molar-refractivity contribution in [1.82, 2.24) is 9.97 Å². The van der Waals surface area contributed by atoms with E-state index in [0.717, 1.165) is 11.0 Å². The summed E-state index contributed by atoms with van der Waals surface area (Å²) >= 11 is 0. The first-order valence-electron chi connectivity index (χ1n) is 4.57. The Kier molecular flexibility index (Phi) is 2.23. The number of benzene rings is 1. The molecule has 1 aromatic heterocycles. The van der Waals surface area contributed by atoms with Crippen molar-refractivity contribution in [2.75, 3.05) is 0 Å². The maximum atomic E-state index is 9.31. The van der Waals surface area contributed by atoms with Crippen LogP contribution in [0.5, 0.6) is 0 Å². The Morgan fingerprint density at radius 2 is 2.14 bits per heavy atom. The van der Waals surface area contributed by atoms with E-state index in [-0.39, 0.29) is 0 Å². The number of hydrogen-bond acceptors (Lipinski definition) is 3. The summed E-state index contributed by atoms with van der Waals surface area (Å²) in [6.07, 6.45) is -0.601. The van der Waals surface area contributed by atoms with Crippen LogP contribution in [0, 0.1) is 0 Å². The number of aliphatic hydroxyl groups excluding tert-OH is 1. The van der Waals surface area contributed by atoms with E-state index in [1.54, 1.807) is 6.92 Å². The molecule has 0 amide bonds. The molecule has 0 bridgehead atoms. The van der Waals surface area contributed by atoms with Gasteiger partial charge in [0.05, 0.1) is 23.2 Å². The van der Waals surface area contributed by atoms with Gasteiger partial charge in [-0.1, -0.05) is 12.1 Å². The minimum absolute atomic E-state index is 0.456. The van der Waals surface area contributed by atoms with Crippen LogP contribution in [-0.4, -0.2) is 21.2 Å². The molecule has 4 heteroatoms. The lowest BCUT2D eigenvalue weighted by Gasteiger charge is -2.10. The molecule has 14 heavy (non-hydrogen) atoms. The molecular formula is C10H13N3O. The summed E-state index contributed by atoms with van der Waals surface area (Å²) in [4.78, 5) is 7.37. The highest BCUT2D eigenvalue weighted by atomic mass is 16.3. The number of nitrogens with one attached hydrogen (secondary N) is 1. The number of aromatic nitrogens is 2. The molecule has 4 N–H and O–H groups in total. The summed E-state index contributed by atoms with van der Waals surface area (Å²) in [5.74, 6) is 0.626. The van der Waals surface area contributed by atoms with Crippen molar-refractivity contribution in [2.45, 2.75) is 19.1 Å². The van der Waals surface area contributed by atoms with Crippen molar-refractivity contribution in [2.24, 2.45) is 5.73 Å². The molecule has 2 atom stereocenters. The number of aromatic amines is 1. The van der Waals surface area contributed by atoms with Crippen molar-refractivity contribution in [3.8, 4) is 0 Å². The smallest absolute Gasteiger partial charge is 0.126 e. The molecule has 0 aliphatic rings. The molecule has 0 saturated heterocycles. The Labute approximate surface area is 81.8 Å². The van der Waals surface area contributed by atoms with Crippen LogP contribution in [0.15, 0.2) is 24.3 Å². The van der Waals surface area contributed by atoms with E-state index in [2.05, 4.69) is 9.97 Å². The summed E-state index contributed by atoms with van der Waals surface area (Å²) < 4.78 is 0. The molecule has 2 rings (SSSR count). The third-order valence-corrected chi connectivity index (χ3v) is 2.24. The predicted molar refractivity (Wildman–Crippen MR) is 54.7 cm³/mol. The van der Waals surface area contributed by atoms with E-state index >= 15 is 0 Å². The Hall–Kier alpha value is -1.39. The minimum Gasteiger partial charge on any atom is -0.391 e. The molecule has 0 radical (unpaired) electrons. The van der Waals surface area contributed by atoms with Crippen molar-refractivity contribution in [3.05, 3.63) is 30.1 Å². The number of nitrogens with zero attached hydrogens (tertiary/aromatic N) is 1. The average Bonchev–Trinajstić information content (AvgIpc) is 2.59. The first-order chi connectivity index (χ1) is 6.68. The van der Waals surface area contributed by atoms with Crippen LogP contribution < -0.4 is 5.73 Å². The van der Waals surface area contributed by atoms with Gasteiger partial charge in [0.25, 0.3) is 0 Å². The zero-order valence-corrected chi connectivity index (χ0v) is 7.94. The van der Waals surface area contributed by atoms with E-state index in [9.17, 15) is 5.11 Å². The fourth-order valence-corrected chi connectivity index (χ4v) is 1.36. The van der Waals surface area contributed by atoms with Crippen molar-refractivity contribution in [1.29, 1.82) is 0 Å². The van der Waals surface area contributed by atoms with E-state index in [0.29, 0.717) is 5.82 Å². The van der Waals surface area contributed by atoms with Crippen LogP contribution in [0.25, 0.3) is 11.0 Å². The van der Waals surface area contributed by atoms with E-state index in [4.69, 9.17) is 5.73 Å². The molecule has 1 heterocycles. The van der Waals surface area contributed by atoms with Gasteiger partial charge in [-0.15, -0.1) is 0 Å². The Bertz CT molecular complexity index is 403. The molecule has 2 aromatic rings. The summed E-state index contributed by atoms with van der Waals surface area (Å²) in [5.41, 5.74) is 7.57. The summed E-state index contributed by atoms with van der Waals surface area (Å²) in [5, 5.41) is 9.31. The Morgan fingerprint density at radius 1 is 1.43 bits per heavy atom. The van der Waals surface area contributed by atoms with Gasteiger partial charge >= 0.3 is 0 Å². The second kappa shape index (κ2) is 3.40. The number of nitrogens with two attached hydrogens (primary N) is 1. The number of rotatable bonds is 2. The van der Waals surface area contributed by atoms with Gasteiger partial charge in [-0.3, -0.25) is 0 Å². The normalized spacial score (nSPS) is 15.6. The van der Waals surface area contributed by atoms with E-state index < -0.39 is 12.1 Å². The highest BCUT2D eigenvalue weighted by Gasteiger charge is 2.15. The quantitative estimate of drug-likeness (QED) is 0.661. The van der Waals surface area contributed by atoms with Crippen LogP contribution in [0.1, 0.15) is 18.8 Å². The molecule has 0 aliphatic carbocycles. The number of fused-ring (bicyclic) bond motifs is 1. The van der Waals surface area contributed by atoms with Crippen molar-refractivity contribution in [3.63, 3.8) is 0 Å². The fourth-order valence-electron chi connectivity index (χ4n) is 1.36. The first-order valence-corrected chi connectivity index (χ1v) is 4.57. The van der Waals surface area contributed by atoms with E-state index in [1.807, 2.05) is 24.3 Å². The molecule has 74 valence electrons. The molecular weight excluding hydrogens is 178 g/mol. The second-order valence-corrected chi connectivity index (χ2v) is 3.41. The number of H-pyrrole nitrogens is 1. The van der Waals surface area contributed by atoms with Gasteiger partial charge in [-0.2, -0.15) is 0 Å². The van der Waals surface area contributed by atoms with Gasteiger partial charge in [0.1, 0.15) is 5.82 Å². The number of hydrogen-bond donors (Lipinski definition) is 3. The lowest BCUT2D eigenvalue weighted by Crippen LogP contribution is -2.24. The number of aliphatic hydroxyl groups is 1. The maximum absolute atomic E-state index is 9.31. The van der Waals surface area contributed by atoms with Crippen LogP contribution in [0.4, 0.5) is 0 Å². The predicted octanol–water partition coefficient (Wildman–Crippen LogP) is 0.944. The van der Waals surface area contributed by atoms with Crippen molar-refractivity contribution < 1.29 is 5.11 Å². The van der Waals surface area contributed by atoms with E-state index in [1.165, 1.54) is 0 Å². The van der Waals surface area contributed by atoms with Gasteiger partial charge < -0.3 is 15.8 Å². The van der Waals surface area contributed by atoms with Gasteiger partial charge in [0.15, 0.2) is 0 Å². The lowest BCUT2D eigenvalue weighted by atomic mass is 10.2. The van der Waals surface area contributed by atoms with Crippen LogP contribution >= 0.6 is 0 Å². The first kappa shape index (κ1) is 9.18. The molecule has 0 spiro atoms. The van der Waals surface area contributed by atoms with Gasteiger partial charge in [-0.25, -0.2) is 4.98 Å². The highest BCUT2D eigenvalue weighted by molar-refractivity contribution is 5.74. The SMILES string of the molecule is C[C@@H](O)[C@H](N)c1nc2ccccc2[nH]1. The van der Waals surface area contributed by atoms with Crippen LogP contribution in [-0.2, 0) is 0 Å². The monoisotopic (exact) mass is 191 g/mol. The van der Waals surface area contributed by atoms with Crippen LogP contribution in [0.2, 0.25) is 0 Å². The zero-order chi connectivity index (χ0) is 10.1. The second-order valence-electron chi connectivity index (χ2n) is 3.41. The fraction of sp³-hybridized carbons (Fsp3) is 0.300. The molecule has 0 aliphatic heterocycles. The molecule has 4 nitrogen and oxygen atoms in total. The van der Waals surface area contributed by atoms with Gasteiger partial charge in [0.2, 0.25) is 0 Å². The topological polar surface area (TPSA) is 74.9 Å². The lowest BCUT2D eigenvalue weighted by molar-refractivity contribution is 0.161. The third-order valence-electron chi connectivity index (χ3n) is 2.24. The Morgan fingerprint density at radius 3 is 2.79 bits per heavy atom. The number of imidazole rings is 1. The molecule has 1 aromatic carbocycles. The molecule has 0 fully saturated rings. The number of para-hydroxylation sites is 2. The van der Waals surface area contributed by atoms with Gasteiger partial charge in [0, 0.05) is 0 Å². The average molecular weight is 191 g/mol.